The minimum Gasteiger partial charge on any atom is -0.244 e. The Morgan fingerprint density at radius 1 is 1.46 bits per heavy atom. The molecule has 0 spiro atoms. The van der Waals surface area contributed by atoms with Gasteiger partial charge in [-0.15, -0.1) is 0 Å². The Labute approximate surface area is 83.1 Å². The highest BCUT2D eigenvalue weighted by atomic mass is 79.9. The molecule has 2 heterocycles. The summed E-state index contributed by atoms with van der Waals surface area (Å²) < 4.78 is 2.55. The van der Waals surface area contributed by atoms with Crippen molar-refractivity contribution in [2.24, 2.45) is 0 Å². The molecule has 0 unspecified atom stereocenters. The summed E-state index contributed by atoms with van der Waals surface area (Å²) in [5.41, 5.74) is 0.824. The summed E-state index contributed by atoms with van der Waals surface area (Å²) in [5.74, 6) is 1.55. The third kappa shape index (κ3) is 1.23. The Morgan fingerprint density at radius 2 is 2.31 bits per heavy atom. The zero-order valence-corrected chi connectivity index (χ0v) is 8.40. The van der Waals surface area contributed by atoms with Crippen molar-refractivity contribution in [1.29, 1.82) is 0 Å². The van der Waals surface area contributed by atoms with E-state index in [1.54, 1.807) is 10.7 Å². The van der Waals surface area contributed by atoms with Gasteiger partial charge in [-0.05, 0) is 28.8 Å². The van der Waals surface area contributed by atoms with Gasteiger partial charge in [-0.1, -0.05) is 0 Å². The van der Waals surface area contributed by atoms with Crippen molar-refractivity contribution < 1.29 is 0 Å². The van der Waals surface area contributed by atoms with Crippen molar-refractivity contribution in [2.45, 2.75) is 18.8 Å². The topological polar surface area (TPSA) is 43.1 Å². The second-order valence-electron chi connectivity index (χ2n) is 3.26. The average molecular weight is 239 g/mol. The van der Waals surface area contributed by atoms with Gasteiger partial charge in [0, 0.05) is 5.92 Å². The maximum absolute atomic E-state index is 4.38. The fourth-order valence-corrected chi connectivity index (χ4v) is 1.60. The van der Waals surface area contributed by atoms with Gasteiger partial charge in [0.05, 0.1) is 12.4 Å². The fourth-order valence-electron chi connectivity index (χ4n) is 1.30. The number of halogens is 1. The molecule has 0 aliphatic heterocycles. The molecule has 1 saturated carbocycles. The zero-order chi connectivity index (χ0) is 8.84. The highest BCUT2D eigenvalue weighted by Gasteiger charge is 2.27. The van der Waals surface area contributed by atoms with E-state index in [0.29, 0.717) is 5.92 Å². The summed E-state index contributed by atoms with van der Waals surface area (Å²) in [6, 6.07) is 0. The molecular formula is C8H7BrN4. The largest absolute Gasteiger partial charge is 0.244 e. The van der Waals surface area contributed by atoms with E-state index >= 15 is 0 Å². The van der Waals surface area contributed by atoms with Crippen LogP contribution in [0.5, 0.6) is 0 Å². The van der Waals surface area contributed by atoms with Crippen molar-refractivity contribution in [3.8, 4) is 0 Å². The van der Waals surface area contributed by atoms with E-state index in [1.165, 1.54) is 12.8 Å². The molecule has 1 aliphatic rings. The SMILES string of the molecule is Brc1cn2nc(C3CC3)nc2cn1. The molecule has 4 nitrogen and oxygen atoms in total. The normalized spacial score (nSPS) is 16.7. The summed E-state index contributed by atoms with van der Waals surface area (Å²) in [4.78, 5) is 8.48. The van der Waals surface area contributed by atoms with E-state index in [0.717, 1.165) is 16.1 Å². The summed E-state index contributed by atoms with van der Waals surface area (Å²) in [6.45, 7) is 0. The van der Waals surface area contributed by atoms with Gasteiger partial charge in [0.25, 0.3) is 0 Å². The van der Waals surface area contributed by atoms with Gasteiger partial charge in [-0.3, -0.25) is 0 Å². The molecule has 0 N–H and O–H groups in total. The molecule has 13 heavy (non-hydrogen) atoms. The van der Waals surface area contributed by atoms with Crippen LogP contribution in [0, 0.1) is 0 Å². The van der Waals surface area contributed by atoms with E-state index in [1.807, 2.05) is 6.20 Å². The van der Waals surface area contributed by atoms with Crippen LogP contribution >= 0.6 is 15.9 Å². The number of rotatable bonds is 1. The van der Waals surface area contributed by atoms with Gasteiger partial charge in [-0.2, -0.15) is 5.10 Å². The molecule has 2 aromatic heterocycles. The van der Waals surface area contributed by atoms with Gasteiger partial charge in [0.1, 0.15) is 4.60 Å². The Balaban J connectivity index is 2.20. The van der Waals surface area contributed by atoms with Gasteiger partial charge in [0.2, 0.25) is 0 Å². The summed E-state index contributed by atoms with van der Waals surface area (Å²) in [5, 5.41) is 4.37. The Kier molecular flexibility index (Phi) is 1.44. The molecular weight excluding hydrogens is 232 g/mol. The average Bonchev–Trinajstić information content (AvgIpc) is 2.87. The number of aromatic nitrogens is 4. The molecule has 0 bridgehead atoms. The number of nitrogens with zero attached hydrogens (tertiary/aromatic N) is 4. The number of fused-ring (bicyclic) bond motifs is 1. The Bertz CT molecular complexity index is 460. The fraction of sp³-hybridized carbons (Fsp3) is 0.375. The summed E-state index contributed by atoms with van der Waals surface area (Å²) in [6.07, 6.45) is 6.01. The lowest BCUT2D eigenvalue weighted by Crippen LogP contribution is -1.89. The van der Waals surface area contributed by atoms with Crippen LogP contribution < -0.4 is 0 Å². The van der Waals surface area contributed by atoms with Crippen LogP contribution in [0.2, 0.25) is 0 Å². The van der Waals surface area contributed by atoms with Crippen molar-refractivity contribution in [3.05, 3.63) is 22.8 Å². The molecule has 3 rings (SSSR count). The maximum atomic E-state index is 4.38. The lowest BCUT2D eigenvalue weighted by Gasteiger charge is -1.89. The maximum Gasteiger partial charge on any atom is 0.173 e. The highest BCUT2D eigenvalue weighted by Crippen LogP contribution is 2.38. The van der Waals surface area contributed by atoms with E-state index in [4.69, 9.17) is 0 Å². The van der Waals surface area contributed by atoms with Crippen molar-refractivity contribution in [2.75, 3.05) is 0 Å². The standard InChI is InChI=1S/C8H7BrN4/c9-6-4-13-7(3-10-6)11-8(12-13)5-1-2-5/h3-5H,1-2H2. The first kappa shape index (κ1) is 7.44. The van der Waals surface area contributed by atoms with Crippen LogP contribution in [-0.4, -0.2) is 19.6 Å². The minimum absolute atomic E-state index is 0.596. The van der Waals surface area contributed by atoms with Gasteiger partial charge >= 0.3 is 0 Å². The van der Waals surface area contributed by atoms with Gasteiger partial charge in [-0.25, -0.2) is 14.5 Å². The molecule has 66 valence electrons. The molecule has 0 amide bonds. The van der Waals surface area contributed by atoms with Crippen LogP contribution in [0.15, 0.2) is 17.0 Å². The second-order valence-corrected chi connectivity index (χ2v) is 4.07. The highest BCUT2D eigenvalue weighted by molar-refractivity contribution is 9.10. The Hall–Kier alpha value is -0.970. The second kappa shape index (κ2) is 2.51. The van der Waals surface area contributed by atoms with Crippen LogP contribution in [0.1, 0.15) is 24.6 Å². The van der Waals surface area contributed by atoms with Crippen LogP contribution in [0.3, 0.4) is 0 Å². The summed E-state index contributed by atoms with van der Waals surface area (Å²) >= 11 is 3.29. The molecule has 2 aromatic rings. The minimum atomic E-state index is 0.596. The first-order valence-electron chi connectivity index (χ1n) is 4.21. The smallest absolute Gasteiger partial charge is 0.173 e. The zero-order valence-electron chi connectivity index (χ0n) is 6.81. The van der Waals surface area contributed by atoms with Crippen molar-refractivity contribution >= 4 is 21.6 Å². The van der Waals surface area contributed by atoms with Crippen LogP contribution in [0.25, 0.3) is 5.65 Å². The molecule has 0 atom stereocenters. The van der Waals surface area contributed by atoms with Gasteiger partial charge < -0.3 is 0 Å². The molecule has 0 aromatic carbocycles. The lowest BCUT2D eigenvalue weighted by atomic mass is 10.4. The predicted molar refractivity (Wildman–Crippen MR) is 50.5 cm³/mol. The van der Waals surface area contributed by atoms with Gasteiger partial charge in [0.15, 0.2) is 11.5 Å². The third-order valence-electron chi connectivity index (χ3n) is 2.15. The predicted octanol–water partition coefficient (Wildman–Crippen LogP) is 1.76. The van der Waals surface area contributed by atoms with Crippen LogP contribution in [0.4, 0.5) is 0 Å². The van der Waals surface area contributed by atoms with E-state index < -0.39 is 0 Å². The van der Waals surface area contributed by atoms with E-state index in [-0.39, 0.29) is 0 Å². The first-order chi connectivity index (χ1) is 6.33. The van der Waals surface area contributed by atoms with E-state index in [2.05, 4.69) is 31.0 Å². The monoisotopic (exact) mass is 238 g/mol. The molecule has 1 aliphatic carbocycles. The number of hydrogen-bond acceptors (Lipinski definition) is 3. The third-order valence-corrected chi connectivity index (χ3v) is 2.56. The molecule has 1 fully saturated rings. The van der Waals surface area contributed by atoms with E-state index in [9.17, 15) is 0 Å². The molecule has 5 heteroatoms. The quantitative estimate of drug-likeness (QED) is 0.761. The Morgan fingerprint density at radius 3 is 3.08 bits per heavy atom. The molecule has 0 saturated heterocycles. The lowest BCUT2D eigenvalue weighted by molar-refractivity contribution is 0.869. The number of hydrogen-bond donors (Lipinski definition) is 0. The van der Waals surface area contributed by atoms with Crippen molar-refractivity contribution in [1.82, 2.24) is 19.6 Å². The first-order valence-corrected chi connectivity index (χ1v) is 5.00. The van der Waals surface area contributed by atoms with Crippen molar-refractivity contribution in [3.63, 3.8) is 0 Å². The molecule has 0 radical (unpaired) electrons. The van der Waals surface area contributed by atoms with Crippen LogP contribution in [-0.2, 0) is 0 Å². The summed E-state index contributed by atoms with van der Waals surface area (Å²) in [7, 11) is 0.